The molecule has 1 atom stereocenters. The number of aliphatic hydroxyl groups excluding tert-OH is 1. The first-order valence-electron chi connectivity index (χ1n) is 11.0. The van der Waals surface area contributed by atoms with Gasteiger partial charge in [-0.1, -0.05) is 51.2 Å². The average molecular weight is 419 g/mol. The third-order valence-electron chi connectivity index (χ3n) is 4.73. The second-order valence-corrected chi connectivity index (χ2v) is 8.74. The predicted octanol–water partition coefficient (Wildman–Crippen LogP) is 5.14. The van der Waals surface area contributed by atoms with E-state index in [1.165, 1.54) is 32.1 Å². The van der Waals surface area contributed by atoms with Crippen LogP contribution in [0, 0.1) is 11.3 Å². The van der Waals surface area contributed by atoms with Crippen LogP contribution in [0.25, 0.3) is 0 Å². The molecule has 6 heteroatoms. The first kappa shape index (κ1) is 25.8. The highest BCUT2D eigenvalue weighted by molar-refractivity contribution is 5.69. The molecule has 0 fully saturated rings. The van der Waals surface area contributed by atoms with Crippen LogP contribution in [0.15, 0.2) is 24.3 Å². The van der Waals surface area contributed by atoms with Gasteiger partial charge in [0.05, 0.1) is 19.3 Å². The lowest BCUT2D eigenvalue weighted by atomic mass is 9.93. The van der Waals surface area contributed by atoms with Gasteiger partial charge < -0.3 is 19.9 Å². The molecule has 0 saturated heterocycles. The molecular weight excluding hydrogens is 380 g/mol. The molecule has 0 saturated carbocycles. The number of carbonyl (C=O) groups excluding carboxylic acids is 1. The van der Waals surface area contributed by atoms with Gasteiger partial charge in [0.2, 0.25) is 0 Å². The second kappa shape index (κ2) is 13.1. The summed E-state index contributed by atoms with van der Waals surface area (Å²) in [6.07, 6.45) is 7.36. The van der Waals surface area contributed by atoms with Crippen LogP contribution in [0.5, 0.6) is 5.75 Å². The number of benzene rings is 1. The van der Waals surface area contributed by atoms with Crippen LogP contribution < -0.4 is 10.1 Å². The van der Waals surface area contributed by atoms with E-state index in [0.717, 1.165) is 17.7 Å². The smallest absolute Gasteiger partial charge is 0.408 e. The Labute approximate surface area is 181 Å². The lowest BCUT2D eigenvalue weighted by Crippen LogP contribution is -2.52. The summed E-state index contributed by atoms with van der Waals surface area (Å²) in [6, 6.07) is 9.77. The van der Waals surface area contributed by atoms with Crippen LogP contribution in [0.2, 0.25) is 0 Å². The van der Waals surface area contributed by atoms with E-state index in [1.807, 2.05) is 30.3 Å². The molecule has 2 N–H and O–H groups in total. The van der Waals surface area contributed by atoms with Crippen molar-refractivity contribution in [3.8, 4) is 11.8 Å². The molecule has 0 radical (unpaired) electrons. The molecule has 168 valence electrons. The standard InChI is InChI=1S/C24H38N2O4/c1-5-6-7-8-9-10-16-29-21-13-11-12-20(17-21)14-15-24(18-25,19-27)26-22(28)30-23(2,3)4/h11-13,17,27H,5-10,14-16,19H2,1-4H3,(H,26,28). The molecule has 0 spiro atoms. The van der Waals surface area contributed by atoms with Gasteiger partial charge in [0.25, 0.3) is 0 Å². The fourth-order valence-corrected chi connectivity index (χ4v) is 3.02. The summed E-state index contributed by atoms with van der Waals surface area (Å²) in [6.45, 7) is 7.65. The first-order valence-corrected chi connectivity index (χ1v) is 11.0. The third kappa shape index (κ3) is 10.5. The Hall–Kier alpha value is -2.26. The molecule has 1 aromatic carbocycles. The Morgan fingerprint density at radius 1 is 1.17 bits per heavy atom. The Kier molecular flexibility index (Phi) is 11.3. The number of aryl methyl sites for hydroxylation is 1. The Morgan fingerprint density at radius 2 is 1.87 bits per heavy atom. The maximum absolute atomic E-state index is 12.1. The minimum atomic E-state index is -1.39. The Morgan fingerprint density at radius 3 is 2.50 bits per heavy atom. The van der Waals surface area contributed by atoms with Crippen molar-refractivity contribution in [1.82, 2.24) is 5.32 Å². The summed E-state index contributed by atoms with van der Waals surface area (Å²) in [5, 5.41) is 21.9. The van der Waals surface area contributed by atoms with Gasteiger partial charge in [0.1, 0.15) is 11.4 Å². The fourth-order valence-electron chi connectivity index (χ4n) is 3.02. The minimum absolute atomic E-state index is 0.264. The number of unbranched alkanes of at least 4 members (excludes halogenated alkanes) is 5. The molecule has 30 heavy (non-hydrogen) atoms. The molecule has 0 aliphatic rings. The number of amides is 1. The number of nitrogens with zero attached hydrogens (tertiary/aromatic N) is 1. The van der Waals surface area contributed by atoms with Gasteiger partial charge in [-0.15, -0.1) is 0 Å². The SMILES string of the molecule is CCCCCCCCOc1cccc(CCC(C#N)(CO)NC(=O)OC(C)(C)C)c1. The zero-order valence-electron chi connectivity index (χ0n) is 19.0. The number of ether oxygens (including phenoxy) is 2. The topological polar surface area (TPSA) is 91.6 Å². The van der Waals surface area contributed by atoms with E-state index in [0.29, 0.717) is 13.0 Å². The van der Waals surface area contributed by atoms with E-state index in [2.05, 4.69) is 12.2 Å². The molecule has 6 nitrogen and oxygen atoms in total. The monoisotopic (exact) mass is 418 g/mol. The minimum Gasteiger partial charge on any atom is -0.494 e. The number of hydrogen-bond acceptors (Lipinski definition) is 5. The Bertz CT molecular complexity index is 679. The fraction of sp³-hybridized carbons (Fsp3) is 0.667. The van der Waals surface area contributed by atoms with Gasteiger partial charge in [-0.3, -0.25) is 0 Å². The van der Waals surface area contributed by atoms with Crippen LogP contribution in [-0.4, -0.2) is 35.6 Å². The van der Waals surface area contributed by atoms with E-state index in [4.69, 9.17) is 9.47 Å². The van der Waals surface area contributed by atoms with E-state index in [9.17, 15) is 15.2 Å². The molecule has 0 aliphatic heterocycles. The van der Waals surface area contributed by atoms with Crippen molar-refractivity contribution in [2.24, 2.45) is 0 Å². The van der Waals surface area contributed by atoms with Gasteiger partial charge >= 0.3 is 6.09 Å². The highest BCUT2D eigenvalue weighted by Gasteiger charge is 2.33. The van der Waals surface area contributed by atoms with Gasteiger partial charge in [-0.25, -0.2) is 4.79 Å². The summed E-state index contributed by atoms with van der Waals surface area (Å²) < 4.78 is 11.1. The van der Waals surface area contributed by atoms with Crippen molar-refractivity contribution in [1.29, 1.82) is 5.26 Å². The normalized spacial score (nSPS) is 13.2. The summed E-state index contributed by atoms with van der Waals surface area (Å²) in [7, 11) is 0. The summed E-state index contributed by atoms with van der Waals surface area (Å²) in [5.41, 5.74) is -1.09. The van der Waals surface area contributed by atoms with Crippen molar-refractivity contribution in [2.75, 3.05) is 13.2 Å². The number of nitrogens with one attached hydrogen (secondary N) is 1. The zero-order valence-corrected chi connectivity index (χ0v) is 19.0. The van der Waals surface area contributed by atoms with E-state index in [-0.39, 0.29) is 6.42 Å². The van der Waals surface area contributed by atoms with Crippen molar-refractivity contribution in [2.45, 2.75) is 90.2 Å². The highest BCUT2D eigenvalue weighted by Crippen LogP contribution is 2.20. The molecule has 1 unspecified atom stereocenters. The molecule has 0 heterocycles. The molecule has 1 amide bonds. The summed E-state index contributed by atoms with van der Waals surface area (Å²) in [4.78, 5) is 12.1. The van der Waals surface area contributed by atoms with Crippen molar-refractivity contribution in [3.05, 3.63) is 29.8 Å². The first-order chi connectivity index (χ1) is 14.2. The maximum atomic E-state index is 12.1. The molecule has 0 aromatic heterocycles. The number of aliphatic hydroxyl groups is 1. The van der Waals surface area contributed by atoms with Crippen LogP contribution >= 0.6 is 0 Å². The number of carbonyl (C=O) groups is 1. The molecule has 0 aliphatic carbocycles. The lowest BCUT2D eigenvalue weighted by Gasteiger charge is -2.28. The van der Waals surface area contributed by atoms with E-state index >= 15 is 0 Å². The van der Waals surface area contributed by atoms with Gasteiger partial charge in [-0.2, -0.15) is 5.26 Å². The van der Waals surface area contributed by atoms with E-state index < -0.39 is 23.8 Å². The van der Waals surface area contributed by atoms with E-state index in [1.54, 1.807) is 20.8 Å². The second-order valence-electron chi connectivity index (χ2n) is 8.74. The summed E-state index contributed by atoms with van der Waals surface area (Å²) >= 11 is 0. The van der Waals surface area contributed by atoms with Crippen LogP contribution in [-0.2, 0) is 11.2 Å². The van der Waals surface area contributed by atoms with Crippen LogP contribution in [0.1, 0.15) is 78.2 Å². The largest absolute Gasteiger partial charge is 0.494 e. The molecule has 1 aromatic rings. The Balaban J connectivity index is 2.55. The maximum Gasteiger partial charge on any atom is 0.408 e. The molecular formula is C24H38N2O4. The zero-order chi connectivity index (χ0) is 22.5. The average Bonchev–Trinajstić information content (AvgIpc) is 2.69. The van der Waals surface area contributed by atoms with Crippen molar-refractivity contribution in [3.63, 3.8) is 0 Å². The van der Waals surface area contributed by atoms with Gasteiger partial charge in [0.15, 0.2) is 5.54 Å². The van der Waals surface area contributed by atoms with Gasteiger partial charge in [-0.05, 0) is 57.7 Å². The lowest BCUT2D eigenvalue weighted by molar-refractivity contribution is 0.0438. The number of hydrogen-bond donors (Lipinski definition) is 2. The number of rotatable bonds is 13. The summed E-state index contributed by atoms with van der Waals surface area (Å²) in [5.74, 6) is 0.799. The quantitative estimate of drug-likeness (QED) is 0.433. The van der Waals surface area contributed by atoms with Crippen LogP contribution in [0.4, 0.5) is 4.79 Å². The van der Waals surface area contributed by atoms with Crippen LogP contribution in [0.3, 0.4) is 0 Å². The predicted molar refractivity (Wildman–Crippen MR) is 118 cm³/mol. The molecule has 1 rings (SSSR count). The third-order valence-corrected chi connectivity index (χ3v) is 4.73. The number of nitriles is 1. The molecule has 0 bridgehead atoms. The van der Waals surface area contributed by atoms with Crippen molar-refractivity contribution < 1.29 is 19.4 Å². The number of alkyl carbamates (subject to hydrolysis) is 1. The highest BCUT2D eigenvalue weighted by atomic mass is 16.6. The van der Waals surface area contributed by atoms with Crippen molar-refractivity contribution >= 4 is 6.09 Å². The van der Waals surface area contributed by atoms with Gasteiger partial charge in [0, 0.05) is 0 Å².